The van der Waals surface area contributed by atoms with Crippen LogP contribution in [-0.2, 0) is 17.8 Å². The molecule has 1 amide bonds. The predicted octanol–water partition coefficient (Wildman–Crippen LogP) is 2.81. The molecule has 3 rings (SSSR count). The van der Waals surface area contributed by atoms with E-state index in [0.717, 1.165) is 11.1 Å². The summed E-state index contributed by atoms with van der Waals surface area (Å²) in [6.07, 6.45) is -0.748. The van der Waals surface area contributed by atoms with E-state index >= 15 is 0 Å². The maximum atomic E-state index is 13.2. The van der Waals surface area contributed by atoms with Crippen LogP contribution in [-0.4, -0.2) is 30.0 Å². The molecule has 0 radical (unpaired) electrons. The molecule has 0 bridgehead atoms. The lowest BCUT2D eigenvalue weighted by Crippen LogP contribution is -2.43. The zero-order valence-corrected chi connectivity index (χ0v) is 13.7. The molecule has 2 aromatic rings. The Morgan fingerprint density at radius 2 is 2.12 bits per heavy atom. The topological polar surface area (TPSA) is 67.8 Å². The molecule has 1 aliphatic rings. The van der Waals surface area contributed by atoms with E-state index in [0.29, 0.717) is 18.6 Å². The predicted molar refractivity (Wildman–Crippen MR) is 89.8 cm³/mol. The number of alkyl carbamates (subject to hydrolysis) is 1. The minimum Gasteiger partial charge on any atom is -0.487 e. The van der Waals surface area contributed by atoms with E-state index in [9.17, 15) is 14.3 Å². The number of carbonyl (C=O) groups excluding carboxylic acids is 1. The van der Waals surface area contributed by atoms with Crippen molar-refractivity contribution in [2.45, 2.75) is 31.7 Å². The number of hydrogen-bond donors (Lipinski definition) is 2. The third kappa shape index (κ3) is 4.70. The van der Waals surface area contributed by atoms with Gasteiger partial charge in [0.25, 0.3) is 0 Å². The number of benzene rings is 2. The van der Waals surface area contributed by atoms with Crippen LogP contribution in [0.2, 0.25) is 0 Å². The Labute approximate surface area is 145 Å². The molecule has 0 unspecified atom stereocenters. The van der Waals surface area contributed by atoms with Gasteiger partial charge in [0.2, 0.25) is 0 Å². The second kappa shape index (κ2) is 7.98. The van der Waals surface area contributed by atoms with Crippen LogP contribution in [0.15, 0.2) is 48.5 Å². The molecule has 132 valence electrons. The average Bonchev–Trinajstić information content (AvgIpc) is 2.64. The number of amides is 1. The third-order valence-electron chi connectivity index (χ3n) is 4.10. The summed E-state index contributed by atoms with van der Waals surface area (Å²) in [6.45, 7) is 0.191. The first-order valence-electron chi connectivity index (χ1n) is 8.19. The van der Waals surface area contributed by atoms with Crippen molar-refractivity contribution in [2.24, 2.45) is 0 Å². The van der Waals surface area contributed by atoms with Gasteiger partial charge in [-0.15, -0.1) is 0 Å². The third-order valence-corrected chi connectivity index (χ3v) is 4.10. The number of aliphatic hydroxyl groups is 1. The summed E-state index contributed by atoms with van der Waals surface area (Å²) in [5.74, 6) is 0.271. The number of carbonyl (C=O) groups is 1. The number of aliphatic hydroxyl groups excluding tert-OH is 1. The van der Waals surface area contributed by atoms with E-state index in [1.165, 1.54) is 12.1 Å². The van der Waals surface area contributed by atoms with Gasteiger partial charge in [-0.1, -0.05) is 30.3 Å². The van der Waals surface area contributed by atoms with Crippen molar-refractivity contribution in [1.29, 1.82) is 0 Å². The van der Waals surface area contributed by atoms with Crippen molar-refractivity contribution in [3.05, 3.63) is 65.5 Å². The molecule has 1 heterocycles. The maximum absolute atomic E-state index is 13.2. The van der Waals surface area contributed by atoms with Gasteiger partial charge in [-0.25, -0.2) is 9.18 Å². The molecule has 0 fully saturated rings. The Morgan fingerprint density at radius 3 is 2.92 bits per heavy atom. The van der Waals surface area contributed by atoms with E-state index < -0.39 is 18.3 Å². The quantitative estimate of drug-likeness (QED) is 0.874. The fraction of sp³-hybridized carbons (Fsp3) is 0.316. The van der Waals surface area contributed by atoms with Gasteiger partial charge in [-0.3, -0.25) is 0 Å². The zero-order chi connectivity index (χ0) is 17.6. The van der Waals surface area contributed by atoms with Crippen molar-refractivity contribution < 1.29 is 23.8 Å². The summed E-state index contributed by atoms with van der Waals surface area (Å²) in [4.78, 5) is 11.7. The lowest BCUT2D eigenvalue weighted by Gasteiger charge is -2.29. The Bertz CT molecular complexity index is 723. The van der Waals surface area contributed by atoms with Crippen molar-refractivity contribution in [3.63, 3.8) is 0 Å². The van der Waals surface area contributed by atoms with Gasteiger partial charge in [-0.2, -0.15) is 0 Å². The SMILES string of the molecule is O=C(NC[C@H](O)[C@H]1CCc2cc(F)ccc2O1)OCc1ccccc1. The molecule has 0 saturated carbocycles. The first kappa shape index (κ1) is 17.2. The second-order valence-electron chi connectivity index (χ2n) is 5.96. The number of nitrogens with one attached hydrogen (secondary N) is 1. The summed E-state index contributed by atoms with van der Waals surface area (Å²) in [6, 6.07) is 13.7. The molecule has 2 aromatic carbocycles. The van der Waals surface area contributed by atoms with E-state index in [-0.39, 0.29) is 19.0 Å². The fourth-order valence-corrected chi connectivity index (χ4v) is 2.74. The van der Waals surface area contributed by atoms with Crippen LogP contribution in [0.1, 0.15) is 17.5 Å². The normalized spacial score (nSPS) is 17.1. The van der Waals surface area contributed by atoms with E-state index in [1.54, 1.807) is 6.07 Å². The lowest BCUT2D eigenvalue weighted by atomic mass is 9.99. The van der Waals surface area contributed by atoms with E-state index in [2.05, 4.69) is 5.32 Å². The van der Waals surface area contributed by atoms with Gasteiger partial charge in [-0.05, 0) is 42.2 Å². The van der Waals surface area contributed by atoms with Gasteiger partial charge in [0, 0.05) is 0 Å². The number of hydrogen-bond acceptors (Lipinski definition) is 4. The largest absolute Gasteiger partial charge is 0.487 e. The Morgan fingerprint density at radius 1 is 1.32 bits per heavy atom. The smallest absolute Gasteiger partial charge is 0.407 e. The van der Waals surface area contributed by atoms with E-state index in [4.69, 9.17) is 9.47 Å². The van der Waals surface area contributed by atoms with Crippen molar-refractivity contribution >= 4 is 6.09 Å². The van der Waals surface area contributed by atoms with Crippen LogP contribution in [0.4, 0.5) is 9.18 Å². The summed E-state index contributed by atoms with van der Waals surface area (Å²) < 4.78 is 24.0. The highest BCUT2D eigenvalue weighted by Crippen LogP contribution is 2.29. The van der Waals surface area contributed by atoms with Gasteiger partial charge >= 0.3 is 6.09 Å². The highest BCUT2D eigenvalue weighted by atomic mass is 19.1. The van der Waals surface area contributed by atoms with Crippen LogP contribution < -0.4 is 10.1 Å². The van der Waals surface area contributed by atoms with Crippen molar-refractivity contribution in [2.75, 3.05) is 6.54 Å². The Kier molecular flexibility index (Phi) is 5.50. The molecule has 6 heteroatoms. The summed E-state index contributed by atoms with van der Waals surface area (Å²) >= 11 is 0. The van der Waals surface area contributed by atoms with E-state index in [1.807, 2.05) is 30.3 Å². The van der Waals surface area contributed by atoms with Gasteiger partial charge in [0.15, 0.2) is 0 Å². The molecule has 5 nitrogen and oxygen atoms in total. The Balaban J connectivity index is 1.44. The molecule has 0 spiro atoms. The molecular formula is C19H20FNO4. The molecule has 1 aliphatic heterocycles. The summed E-state index contributed by atoms with van der Waals surface area (Å²) in [5.41, 5.74) is 1.68. The first-order valence-corrected chi connectivity index (χ1v) is 8.19. The van der Waals surface area contributed by atoms with Gasteiger partial charge in [0.1, 0.15) is 30.4 Å². The maximum Gasteiger partial charge on any atom is 0.407 e. The van der Waals surface area contributed by atoms with Gasteiger partial charge in [0.05, 0.1) is 6.54 Å². The lowest BCUT2D eigenvalue weighted by molar-refractivity contribution is 0.0236. The second-order valence-corrected chi connectivity index (χ2v) is 5.96. The molecule has 2 N–H and O–H groups in total. The van der Waals surface area contributed by atoms with Crippen molar-refractivity contribution in [3.8, 4) is 5.75 Å². The minimum atomic E-state index is -0.873. The summed E-state index contributed by atoms with van der Waals surface area (Å²) in [7, 11) is 0. The van der Waals surface area contributed by atoms with Crippen LogP contribution in [0, 0.1) is 5.82 Å². The monoisotopic (exact) mass is 345 g/mol. The molecule has 2 atom stereocenters. The number of ether oxygens (including phenoxy) is 2. The van der Waals surface area contributed by atoms with Crippen LogP contribution >= 0.6 is 0 Å². The number of fused-ring (bicyclic) bond motifs is 1. The number of rotatable bonds is 5. The minimum absolute atomic E-state index is 0.0226. The average molecular weight is 345 g/mol. The van der Waals surface area contributed by atoms with Crippen LogP contribution in [0.25, 0.3) is 0 Å². The first-order chi connectivity index (χ1) is 12.1. The van der Waals surface area contributed by atoms with Crippen molar-refractivity contribution in [1.82, 2.24) is 5.32 Å². The molecule has 0 aliphatic carbocycles. The molecular weight excluding hydrogens is 325 g/mol. The highest BCUT2D eigenvalue weighted by molar-refractivity contribution is 5.67. The molecule has 0 saturated heterocycles. The van der Waals surface area contributed by atoms with Gasteiger partial charge < -0.3 is 19.9 Å². The fourth-order valence-electron chi connectivity index (χ4n) is 2.74. The highest BCUT2D eigenvalue weighted by Gasteiger charge is 2.27. The zero-order valence-electron chi connectivity index (χ0n) is 13.7. The number of halogens is 1. The standard InChI is InChI=1S/C19H20FNO4/c20-15-7-9-17-14(10-15)6-8-18(25-17)16(22)11-21-19(23)24-12-13-4-2-1-3-5-13/h1-5,7,9-10,16,18,22H,6,8,11-12H2,(H,21,23)/t16-,18+/m0/s1. The Hall–Kier alpha value is -2.60. The molecule has 25 heavy (non-hydrogen) atoms. The van der Waals surface area contributed by atoms with Crippen LogP contribution in [0.3, 0.4) is 0 Å². The summed E-state index contributed by atoms with van der Waals surface area (Å²) in [5, 5.41) is 12.8. The molecule has 0 aromatic heterocycles. The van der Waals surface area contributed by atoms with Crippen LogP contribution in [0.5, 0.6) is 5.75 Å². The number of aryl methyl sites for hydroxylation is 1.